The van der Waals surface area contributed by atoms with E-state index < -0.39 is 0 Å². The van der Waals surface area contributed by atoms with Crippen LogP contribution in [0.1, 0.15) is 11.4 Å². The molecule has 0 radical (unpaired) electrons. The molecule has 0 aliphatic carbocycles. The number of carbonyl (C=O) groups excluding carboxylic acids is 1. The molecular weight excluding hydrogens is 322 g/mol. The van der Waals surface area contributed by atoms with Crippen LogP contribution in [-0.2, 0) is 4.79 Å². The van der Waals surface area contributed by atoms with Gasteiger partial charge < -0.3 is 14.6 Å². The van der Waals surface area contributed by atoms with Crippen molar-refractivity contribution in [3.8, 4) is 17.5 Å². The monoisotopic (exact) mass is 341 g/mol. The van der Waals surface area contributed by atoms with Gasteiger partial charge in [-0.25, -0.2) is 19.6 Å². The van der Waals surface area contributed by atoms with Crippen LogP contribution < -0.4 is 5.32 Å². The molecule has 1 N–H and O–H groups in total. The number of aryl methyl sites for hydroxylation is 2. The number of amides is 1. The fourth-order valence-corrected chi connectivity index (χ4v) is 2.37. The minimum atomic E-state index is -0.179. The van der Waals surface area contributed by atoms with Crippen molar-refractivity contribution in [2.75, 3.05) is 26.0 Å². The number of nitrogens with zero attached hydrogens (tertiary/aromatic N) is 6. The fourth-order valence-electron chi connectivity index (χ4n) is 2.37. The maximum Gasteiger partial charge on any atom is 0.264 e. The van der Waals surface area contributed by atoms with Crippen molar-refractivity contribution in [1.82, 2.24) is 29.6 Å². The molecule has 9 heteroatoms. The van der Waals surface area contributed by atoms with Gasteiger partial charge >= 0.3 is 0 Å². The van der Waals surface area contributed by atoms with Crippen molar-refractivity contribution in [2.45, 2.75) is 13.8 Å². The highest BCUT2D eigenvalue weighted by Gasteiger charge is 2.15. The normalized spacial score (nSPS) is 11.1. The molecule has 130 valence electrons. The lowest BCUT2D eigenvalue weighted by molar-refractivity contribution is -0.116. The average molecular weight is 341 g/mol. The Morgan fingerprint density at radius 2 is 2.08 bits per heavy atom. The third-order valence-electron chi connectivity index (χ3n) is 3.29. The maximum atomic E-state index is 12.1. The molecule has 0 aromatic carbocycles. The predicted octanol–water partition coefficient (Wildman–Crippen LogP) is 1.43. The highest BCUT2D eigenvalue weighted by atomic mass is 16.3. The first kappa shape index (κ1) is 16.8. The van der Waals surface area contributed by atoms with Crippen molar-refractivity contribution in [2.24, 2.45) is 0 Å². The van der Waals surface area contributed by atoms with E-state index in [2.05, 4.69) is 25.4 Å². The molecule has 3 aromatic rings. The molecule has 0 aliphatic heterocycles. The largest absolute Gasteiger partial charge is 0.442 e. The van der Waals surface area contributed by atoms with Gasteiger partial charge in [-0.05, 0) is 34.0 Å². The van der Waals surface area contributed by atoms with E-state index in [-0.39, 0.29) is 24.2 Å². The Kier molecular flexibility index (Phi) is 4.57. The van der Waals surface area contributed by atoms with E-state index in [0.29, 0.717) is 11.6 Å². The second-order valence-corrected chi connectivity index (χ2v) is 5.90. The van der Waals surface area contributed by atoms with Crippen molar-refractivity contribution in [1.29, 1.82) is 0 Å². The van der Waals surface area contributed by atoms with Gasteiger partial charge in [-0.1, -0.05) is 0 Å². The van der Waals surface area contributed by atoms with Crippen LogP contribution in [0.3, 0.4) is 0 Å². The Labute approximate surface area is 144 Å². The summed E-state index contributed by atoms with van der Waals surface area (Å²) in [7, 11) is 3.64. The molecule has 0 atom stereocenters. The Morgan fingerprint density at radius 3 is 2.68 bits per heavy atom. The smallest absolute Gasteiger partial charge is 0.264 e. The van der Waals surface area contributed by atoms with Crippen LogP contribution in [0.4, 0.5) is 5.82 Å². The summed E-state index contributed by atoms with van der Waals surface area (Å²) in [6.07, 6.45) is 2.96. The number of nitrogens with one attached hydrogen (secondary N) is 1. The zero-order chi connectivity index (χ0) is 18.0. The summed E-state index contributed by atoms with van der Waals surface area (Å²) in [5, 5.41) is 7.20. The lowest BCUT2D eigenvalue weighted by Gasteiger charge is -2.11. The molecule has 0 fully saturated rings. The zero-order valence-electron chi connectivity index (χ0n) is 14.5. The molecule has 9 nitrogen and oxygen atoms in total. The standard InChI is InChI=1S/C16H19N7O2/c1-10-7-11(2)23(21-10)13-8-12(18-14(24)9-22(3)4)19-15(20-13)16-17-5-6-25-16/h5-8H,9H2,1-4H3,(H,18,19,20,24). The van der Waals surface area contributed by atoms with E-state index in [1.165, 1.54) is 12.5 Å². The number of likely N-dealkylation sites (N-methyl/N-ethyl adjacent to an activating group) is 1. The number of aromatic nitrogens is 5. The summed E-state index contributed by atoms with van der Waals surface area (Å²) in [5.41, 5.74) is 1.78. The molecule has 0 saturated carbocycles. The van der Waals surface area contributed by atoms with Gasteiger partial charge in [0.15, 0.2) is 5.82 Å². The van der Waals surface area contributed by atoms with Crippen LogP contribution in [0.15, 0.2) is 29.0 Å². The number of anilines is 1. The molecule has 3 rings (SSSR count). The van der Waals surface area contributed by atoms with Gasteiger partial charge in [0, 0.05) is 11.8 Å². The van der Waals surface area contributed by atoms with Crippen molar-refractivity contribution < 1.29 is 9.21 Å². The Morgan fingerprint density at radius 1 is 1.28 bits per heavy atom. The van der Waals surface area contributed by atoms with Gasteiger partial charge in [0.1, 0.15) is 12.1 Å². The van der Waals surface area contributed by atoms with Gasteiger partial charge in [-0.3, -0.25) is 4.79 Å². The zero-order valence-corrected chi connectivity index (χ0v) is 14.5. The third kappa shape index (κ3) is 3.89. The minimum absolute atomic E-state index is 0.179. The summed E-state index contributed by atoms with van der Waals surface area (Å²) < 4.78 is 6.97. The lowest BCUT2D eigenvalue weighted by Crippen LogP contribution is -2.27. The molecule has 3 heterocycles. The average Bonchev–Trinajstić information content (AvgIpc) is 3.15. The van der Waals surface area contributed by atoms with Crippen LogP contribution >= 0.6 is 0 Å². The van der Waals surface area contributed by atoms with Crippen molar-refractivity contribution >= 4 is 11.7 Å². The number of rotatable bonds is 5. The summed E-state index contributed by atoms with van der Waals surface area (Å²) in [4.78, 5) is 26.7. The summed E-state index contributed by atoms with van der Waals surface area (Å²) in [6, 6.07) is 3.61. The van der Waals surface area contributed by atoms with E-state index in [0.717, 1.165) is 11.4 Å². The van der Waals surface area contributed by atoms with Gasteiger partial charge in [-0.15, -0.1) is 0 Å². The molecule has 3 aromatic heterocycles. The maximum absolute atomic E-state index is 12.1. The molecule has 0 bridgehead atoms. The van der Waals surface area contributed by atoms with E-state index in [1.54, 1.807) is 15.6 Å². The summed E-state index contributed by atoms with van der Waals surface area (Å²) in [5.74, 6) is 1.25. The second-order valence-electron chi connectivity index (χ2n) is 5.90. The first-order chi connectivity index (χ1) is 11.9. The SMILES string of the molecule is Cc1cc(C)n(-c2cc(NC(=O)CN(C)C)nc(-c3ncco3)n2)n1. The number of hydrogen-bond donors (Lipinski definition) is 1. The van der Waals surface area contributed by atoms with Crippen LogP contribution in [0, 0.1) is 13.8 Å². The Hall–Kier alpha value is -3.07. The van der Waals surface area contributed by atoms with Gasteiger partial charge in [0.25, 0.3) is 5.89 Å². The summed E-state index contributed by atoms with van der Waals surface area (Å²) >= 11 is 0. The number of hydrogen-bond acceptors (Lipinski definition) is 7. The molecular formula is C16H19N7O2. The second kappa shape index (κ2) is 6.81. The quantitative estimate of drug-likeness (QED) is 0.749. The molecule has 0 aliphatic rings. The van der Waals surface area contributed by atoms with Crippen LogP contribution in [-0.4, -0.2) is 56.2 Å². The highest BCUT2D eigenvalue weighted by molar-refractivity contribution is 5.91. The van der Waals surface area contributed by atoms with Gasteiger partial charge in [0.05, 0.1) is 18.4 Å². The molecule has 0 saturated heterocycles. The topological polar surface area (TPSA) is 102 Å². The fraction of sp³-hybridized carbons (Fsp3) is 0.312. The van der Waals surface area contributed by atoms with Gasteiger partial charge in [-0.2, -0.15) is 5.10 Å². The van der Waals surface area contributed by atoms with E-state index in [4.69, 9.17) is 4.42 Å². The molecule has 0 unspecified atom stereocenters. The third-order valence-corrected chi connectivity index (χ3v) is 3.29. The summed E-state index contributed by atoms with van der Waals surface area (Å²) in [6.45, 7) is 4.07. The van der Waals surface area contributed by atoms with Crippen LogP contribution in [0.5, 0.6) is 0 Å². The highest BCUT2D eigenvalue weighted by Crippen LogP contribution is 2.19. The van der Waals surface area contributed by atoms with E-state index in [9.17, 15) is 4.79 Å². The molecule has 0 spiro atoms. The van der Waals surface area contributed by atoms with Crippen LogP contribution in [0.2, 0.25) is 0 Å². The Bertz CT molecular complexity index is 884. The Balaban J connectivity index is 2.03. The van der Waals surface area contributed by atoms with Gasteiger partial charge in [0.2, 0.25) is 11.7 Å². The first-order valence-corrected chi connectivity index (χ1v) is 7.69. The molecule has 1 amide bonds. The van der Waals surface area contributed by atoms with E-state index >= 15 is 0 Å². The number of oxazole rings is 1. The minimum Gasteiger partial charge on any atom is -0.442 e. The number of carbonyl (C=O) groups is 1. The lowest BCUT2D eigenvalue weighted by atomic mass is 10.4. The van der Waals surface area contributed by atoms with Crippen molar-refractivity contribution in [3.63, 3.8) is 0 Å². The molecule has 25 heavy (non-hydrogen) atoms. The van der Waals surface area contributed by atoms with Crippen LogP contribution in [0.25, 0.3) is 17.5 Å². The predicted molar refractivity (Wildman–Crippen MR) is 91.3 cm³/mol. The first-order valence-electron chi connectivity index (χ1n) is 7.69. The van der Waals surface area contributed by atoms with Crippen molar-refractivity contribution in [3.05, 3.63) is 36.0 Å². The van der Waals surface area contributed by atoms with E-state index in [1.807, 2.05) is 34.0 Å².